The van der Waals surface area contributed by atoms with E-state index in [-0.39, 0.29) is 16.3 Å². The van der Waals surface area contributed by atoms with Crippen LogP contribution >= 0.6 is 11.6 Å². The van der Waals surface area contributed by atoms with Crippen LogP contribution in [0.2, 0.25) is 5.02 Å². The summed E-state index contributed by atoms with van der Waals surface area (Å²) >= 11 is 5.80. The summed E-state index contributed by atoms with van der Waals surface area (Å²) < 4.78 is 39.7. The normalized spacial score (nSPS) is 12.1. The second-order valence-corrected chi connectivity index (χ2v) is 5.27. The predicted molar refractivity (Wildman–Crippen MR) is 82.3 cm³/mol. The Balaban J connectivity index is 2.58. The molecule has 0 radical (unpaired) electrons. The number of hydrogen-bond acceptors (Lipinski definition) is 4. The topological polar surface area (TPSA) is 76.6 Å². The molecule has 1 aromatic heterocycles. The van der Waals surface area contributed by atoms with E-state index in [0.29, 0.717) is 6.07 Å². The van der Waals surface area contributed by atoms with Gasteiger partial charge in [0.2, 0.25) is 5.88 Å². The lowest BCUT2D eigenvalue weighted by atomic mass is 10.2. The molecule has 24 heavy (non-hydrogen) atoms. The molecule has 1 heterocycles. The van der Waals surface area contributed by atoms with Crippen molar-refractivity contribution in [3.63, 3.8) is 0 Å². The first-order chi connectivity index (χ1) is 11.0. The number of alkyl halides is 3. The number of aliphatic imine (C=N–C) groups is 1. The monoisotopic (exact) mass is 361 g/mol. The molecule has 10 heteroatoms. The van der Waals surface area contributed by atoms with Crippen molar-refractivity contribution in [1.82, 2.24) is 9.13 Å². The van der Waals surface area contributed by atoms with Gasteiger partial charge in [-0.05, 0) is 18.2 Å². The highest BCUT2D eigenvalue weighted by Gasteiger charge is 2.30. The van der Waals surface area contributed by atoms with E-state index >= 15 is 0 Å². The zero-order valence-electron chi connectivity index (χ0n) is 12.4. The zero-order valence-corrected chi connectivity index (χ0v) is 13.2. The standard InChI is InChI=1S/C14H11ClF3N3O3/c1-20-11(22)8(12(23)21(2)13(20)24)6-19-10-5-7(14(16,17)18)3-4-9(10)15/h3-6,22H,1-2H3. The molecular formula is C14H11ClF3N3O3. The maximum absolute atomic E-state index is 12.7. The summed E-state index contributed by atoms with van der Waals surface area (Å²) in [7, 11) is 2.42. The molecule has 0 aliphatic rings. The Labute approximate surface area is 138 Å². The molecule has 1 aromatic carbocycles. The SMILES string of the molecule is Cn1c(O)c(C=Nc2cc(C(F)(F)F)ccc2Cl)c(=O)n(C)c1=O. The van der Waals surface area contributed by atoms with Gasteiger partial charge in [0.1, 0.15) is 5.56 Å². The van der Waals surface area contributed by atoms with Crippen molar-refractivity contribution in [1.29, 1.82) is 0 Å². The predicted octanol–water partition coefficient (Wildman–Crippen LogP) is 2.21. The van der Waals surface area contributed by atoms with Crippen molar-refractivity contribution in [2.45, 2.75) is 6.18 Å². The Morgan fingerprint density at radius 2 is 1.83 bits per heavy atom. The van der Waals surface area contributed by atoms with Crippen LogP contribution in [0, 0.1) is 0 Å². The second kappa shape index (κ2) is 6.16. The van der Waals surface area contributed by atoms with Crippen LogP contribution in [0.4, 0.5) is 18.9 Å². The molecular weight excluding hydrogens is 351 g/mol. The maximum atomic E-state index is 12.7. The summed E-state index contributed by atoms with van der Waals surface area (Å²) in [6.45, 7) is 0. The highest BCUT2D eigenvalue weighted by Crippen LogP contribution is 2.35. The molecule has 0 saturated carbocycles. The Morgan fingerprint density at radius 1 is 1.21 bits per heavy atom. The average Bonchev–Trinajstić information content (AvgIpc) is 2.51. The summed E-state index contributed by atoms with van der Waals surface area (Å²) in [5, 5.41) is 9.79. The third kappa shape index (κ3) is 3.21. The van der Waals surface area contributed by atoms with E-state index in [1.54, 1.807) is 0 Å². The van der Waals surface area contributed by atoms with Gasteiger partial charge in [-0.1, -0.05) is 11.6 Å². The third-order valence-corrected chi connectivity index (χ3v) is 3.59. The lowest BCUT2D eigenvalue weighted by Crippen LogP contribution is -2.38. The molecule has 128 valence electrons. The van der Waals surface area contributed by atoms with Gasteiger partial charge in [-0.25, -0.2) is 4.79 Å². The molecule has 0 fully saturated rings. The van der Waals surface area contributed by atoms with Crippen LogP contribution in [-0.4, -0.2) is 20.5 Å². The van der Waals surface area contributed by atoms with E-state index < -0.39 is 28.9 Å². The van der Waals surface area contributed by atoms with Crippen LogP contribution in [-0.2, 0) is 20.3 Å². The maximum Gasteiger partial charge on any atom is 0.416 e. The Bertz CT molecular complexity index is 945. The molecule has 0 amide bonds. The number of aromatic nitrogens is 2. The van der Waals surface area contributed by atoms with Crippen LogP contribution in [0.3, 0.4) is 0 Å². The van der Waals surface area contributed by atoms with E-state index in [1.165, 1.54) is 14.1 Å². The van der Waals surface area contributed by atoms with Crippen molar-refractivity contribution in [2.75, 3.05) is 0 Å². The van der Waals surface area contributed by atoms with Crippen molar-refractivity contribution >= 4 is 23.5 Å². The van der Waals surface area contributed by atoms with Crippen LogP contribution in [0.15, 0.2) is 32.8 Å². The molecule has 2 rings (SSSR count). The second-order valence-electron chi connectivity index (χ2n) is 4.87. The van der Waals surface area contributed by atoms with Gasteiger partial charge in [0.05, 0.1) is 16.3 Å². The largest absolute Gasteiger partial charge is 0.494 e. The smallest absolute Gasteiger partial charge is 0.416 e. The highest BCUT2D eigenvalue weighted by molar-refractivity contribution is 6.33. The molecule has 6 nitrogen and oxygen atoms in total. The number of halogens is 4. The summed E-state index contributed by atoms with van der Waals surface area (Å²) in [5.41, 5.74) is -3.15. The molecule has 0 atom stereocenters. The van der Waals surface area contributed by atoms with Gasteiger partial charge in [-0.2, -0.15) is 13.2 Å². The number of aromatic hydroxyl groups is 1. The summed E-state index contributed by atoms with van der Waals surface area (Å²) in [4.78, 5) is 27.3. The Hall–Kier alpha value is -2.55. The van der Waals surface area contributed by atoms with Crippen LogP contribution in [0.5, 0.6) is 5.88 Å². The first-order valence-electron chi connectivity index (χ1n) is 6.44. The van der Waals surface area contributed by atoms with Gasteiger partial charge in [-0.3, -0.25) is 18.9 Å². The van der Waals surface area contributed by atoms with Gasteiger partial charge in [0.15, 0.2) is 0 Å². The Morgan fingerprint density at radius 3 is 2.42 bits per heavy atom. The molecule has 1 N–H and O–H groups in total. The van der Waals surface area contributed by atoms with Gasteiger partial charge in [0, 0.05) is 20.3 Å². The Kier molecular flexibility index (Phi) is 4.57. The minimum atomic E-state index is -4.58. The van der Waals surface area contributed by atoms with Gasteiger partial charge >= 0.3 is 11.9 Å². The van der Waals surface area contributed by atoms with Gasteiger partial charge < -0.3 is 5.11 Å². The van der Waals surface area contributed by atoms with Crippen LogP contribution in [0.25, 0.3) is 0 Å². The van der Waals surface area contributed by atoms with E-state index in [2.05, 4.69) is 4.99 Å². The first kappa shape index (κ1) is 17.8. The lowest BCUT2D eigenvalue weighted by Gasteiger charge is -2.09. The highest BCUT2D eigenvalue weighted by atomic mass is 35.5. The van der Waals surface area contributed by atoms with E-state index in [1.807, 2.05) is 0 Å². The molecule has 0 saturated heterocycles. The summed E-state index contributed by atoms with van der Waals surface area (Å²) in [5.74, 6) is -0.657. The molecule has 2 aromatic rings. The molecule has 0 spiro atoms. The fourth-order valence-corrected chi connectivity index (χ4v) is 2.06. The van der Waals surface area contributed by atoms with E-state index in [4.69, 9.17) is 11.6 Å². The van der Waals surface area contributed by atoms with Gasteiger partial charge in [-0.15, -0.1) is 0 Å². The minimum absolute atomic E-state index is 0.0691. The fourth-order valence-electron chi connectivity index (χ4n) is 1.89. The minimum Gasteiger partial charge on any atom is -0.494 e. The van der Waals surface area contributed by atoms with E-state index in [9.17, 15) is 27.9 Å². The van der Waals surface area contributed by atoms with Crippen molar-refractivity contribution < 1.29 is 18.3 Å². The van der Waals surface area contributed by atoms with E-state index in [0.717, 1.165) is 27.5 Å². The number of hydrogen-bond donors (Lipinski definition) is 1. The summed E-state index contributed by atoms with van der Waals surface area (Å²) in [6.07, 6.45) is -3.72. The number of rotatable bonds is 2. The molecule has 0 unspecified atom stereocenters. The average molecular weight is 362 g/mol. The third-order valence-electron chi connectivity index (χ3n) is 3.27. The van der Waals surface area contributed by atoms with Gasteiger partial charge in [0.25, 0.3) is 5.56 Å². The van der Waals surface area contributed by atoms with Crippen LogP contribution in [0.1, 0.15) is 11.1 Å². The van der Waals surface area contributed by atoms with Crippen molar-refractivity contribution in [2.24, 2.45) is 19.1 Å². The summed E-state index contributed by atoms with van der Waals surface area (Å²) in [6, 6.07) is 2.53. The quantitative estimate of drug-likeness (QED) is 0.833. The number of nitrogens with zero attached hydrogens (tertiary/aromatic N) is 3. The molecule has 0 aliphatic heterocycles. The number of benzene rings is 1. The lowest BCUT2D eigenvalue weighted by molar-refractivity contribution is -0.137. The van der Waals surface area contributed by atoms with Crippen molar-refractivity contribution in [3.8, 4) is 5.88 Å². The fraction of sp³-hybridized carbons (Fsp3) is 0.214. The van der Waals surface area contributed by atoms with Crippen LogP contribution < -0.4 is 11.2 Å². The zero-order chi connectivity index (χ0) is 18.2. The molecule has 0 bridgehead atoms. The van der Waals surface area contributed by atoms with Crippen molar-refractivity contribution in [3.05, 3.63) is 55.2 Å². The first-order valence-corrected chi connectivity index (χ1v) is 6.81. The molecule has 0 aliphatic carbocycles.